The lowest BCUT2D eigenvalue weighted by molar-refractivity contribution is -0.119. The summed E-state index contributed by atoms with van der Waals surface area (Å²) in [5.74, 6) is -0.392. The molecule has 31 heavy (non-hydrogen) atoms. The topological polar surface area (TPSA) is 144 Å². The molecule has 4 N–H and O–H groups in total. The zero-order chi connectivity index (χ0) is 22.2. The highest BCUT2D eigenvalue weighted by Gasteiger charge is 2.15. The van der Waals surface area contributed by atoms with Crippen LogP contribution in [0.3, 0.4) is 0 Å². The molecule has 3 rings (SSSR count). The second-order valence-electron chi connectivity index (χ2n) is 6.08. The lowest BCUT2D eigenvalue weighted by atomic mass is 10.2. The van der Waals surface area contributed by atoms with Gasteiger partial charge in [0.1, 0.15) is 11.5 Å². The highest BCUT2D eigenvalue weighted by Crippen LogP contribution is 2.16. The first-order chi connectivity index (χ1) is 14.9. The van der Waals surface area contributed by atoms with E-state index in [0.29, 0.717) is 22.1 Å². The standard InChI is InChI=1S/C20H18ClN5O5/c21-14-3-7-16(8-4-14)30-12-26-17(9-10-24-26)20(28)31-25-19(23)13-1-5-15(6-2-13)29-11-18(22)27/h1-10H,11-12H2,(H2,22,27)(H2,23,25). The van der Waals surface area contributed by atoms with Gasteiger partial charge in [-0.2, -0.15) is 5.10 Å². The van der Waals surface area contributed by atoms with Gasteiger partial charge in [-0.3, -0.25) is 4.79 Å². The van der Waals surface area contributed by atoms with Gasteiger partial charge in [0.15, 0.2) is 24.9 Å². The minimum atomic E-state index is -0.762. The SMILES string of the molecule is NC(=O)COc1ccc(/C(N)=N/OC(=O)c2ccnn2COc2ccc(Cl)cc2)cc1. The van der Waals surface area contributed by atoms with Crippen molar-refractivity contribution in [2.45, 2.75) is 6.73 Å². The molecule has 11 heteroatoms. The summed E-state index contributed by atoms with van der Waals surface area (Å²) in [5, 5.41) is 8.27. The Balaban J connectivity index is 1.58. The smallest absolute Gasteiger partial charge is 0.383 e. The number of oxime groups is 1. The van der Waals surface area contributed by atoms with E-state index in [1.165, 1.54) is 16.9 Å². The quantitative estimate of drug-likeness (QED) is 0.222. The lowest BCUT2D eigenvalue weighted by Crippen LogP contribution is -2.20. The van der Waals surface area contributed by atoms with E-state index in [4.69, 9.17) is 37.4 Å². The van der Waals surface area contributed by atoms with E-state index in [0.717, 1.165) is 0 Å². The number of amidine groups is 1. The van der Waals surface area contributed by atoms with Crippen LogP contribution in [0.4, 0.5) is 0 Å². The minimum Gasteiger partial charge on any atom is -0.484 e. The van der Waals surface area contributed by atoms with E-state index in [2.05, 4.69) is 10.3 Å². The van der Waals surface area contributed by atoms with Crippen molar-refractivity contribution < 1.29 is 23.9 Å². The second-order valence-corrected chi connectivity index (χ2v) is 6.51. The number of nitrogens with two attached hydrogens (primary N) is 2. The molecule has 10 nitrogen and oxygen atoms in total. The number of ether oxygens (including phenoxy) is 2. The van der Waals surface area contributed by atoms with Crippen LogP contribution in [-0.2, 0) is 16.4 Å². The van der Waals surface area contributed by atoms with E-state index in [9.17, 15) is 9.59 Å². The lowest BCUT2D eigenvalue weighted by Gasteiger charge is -2.08. The third-order valence-electron chi connectivity index (χ3n) is 3.85. The first-order valence-corrected chi connectivity index (χ1v) is 9.26. The van der Waals surface area contributed by atoms with E-state index in [1.54, 1.807) is 48.5 Å². The normalized spacial score (nSPS) is 11.1. The van der Waals surface area contributed by atoms with Crippen molar-refractivity contribution in [2.75, 3.05) is 6.61 Å². The average Bonchev–Trinajstić information content (AvgIpc) is 3.24. The molecule has 0 bridgehead atoms. The maximum Gasteiger partial charge on any atom is 0.383 e. The third-order valence-corrected chi connectivity index (χ3v) is 4.10. The van der Waals surface area contributed by atoms with Gasteiger partial charge in [0.05, 0.1) is 0 Å². The number of carbonyl (C=O) groups excluding carboxylic acids is 2. The number of rotatable bonds is 9. The molecule has 2 aromatic carbocycles. The fraction of sp³-hybridized carbons (Fsp3) is 0.100. The Hall–Kier alpha value is -4.05. The van der Waals surface area contributed by atoms with Crippen molar-refractivity contribution in [3.05, 3.63) is 77.1 Å². The van der Waals surface area contributed by atoms with Crippen LogP contribution in [0.15, 0.2) is 65.9 Å². The Labute approximate surface area is 181 Å². The van der Waals surface area contributed by atoms with Crippen molar-refractivity contribution in [3.8, 4) is 11.5 Å². The average molecular weight is 444 g/mol. The Bertz CT molecular complexity index is 1080. The first-order valence-electron chi connectivity index (χ1n) is 8.89. The van der Waals surface area contributed by atoms with Crippen LogP contribution in [0.5, 0.6) is 11.5 Å². The van der Waals surface area contributed by atoms with Crippen LogP contribution >= 0.6 is 11.6 Å². The summed E-state index contributed by atoms with van der Waals surface area (Å²) >= 11 is 5.84. The van der Waals surface area contributed by atoms with Crippen molar-refractivity contribution >= 4 is 29.3 Å². The molecule has 0 atom stereocenters. The van der Waals surface area contributed by atoms with E-state index < -0.39 is 11.9 Å². The highest BCUT2D eigenvalue weighted by molar-refractivity contribution is 6.30. The van der Waals surface area contributed by atoms with E-state index in [1.807, 2.05) is 0 Å². The summed E-state index contributed by atoms with van der Waals surface area (Å²) in [4.78, 5) is 28.0. The van der Waals surface area contributed by atoms with Gasteiger partial charge in [-0.1, -0.05) is 16.8 Å². The molecule has 0 aliphatic heterocycles. The van der Waals surface area contributed by atoms with Gasteiger partial charge in [-0.25, -0.2) is 9.48 Å². The monoisotopic (exact) mass is 443 g/mol. The number of primary amides is 1. The number of nitrogens with zero attached hydrogens (tertiary/aromatic N) is 3. The molecule has 0 fully saturated rings. The van der Waals surface area contributed by atoms with Crippen LogP contribution in [0, 0.1) is 0 Å². The molecule has 0 spiro atoms. The Kier molecular flexibility index (Phi) is 7.07. The third kappa shape index (κ3) is 6.21. The van der Waals surface area contributed by atoms with Crippen molar-refractivity contribution in [3.63, 3.8) is 0 Å². The molecule has 0 saturated heterocycles. The zero-order valence-electron chi connectivity index (χ0n) is 16.1. The van der Waals surface area contributed by atoms with Crippen LogP contribution in [0.1, 0.15) is 16.1 Å². The van der Waals surface area contributed by atoms with Gasteiger partial charge in [-0.05, 0) is 54.6 Å². The van der Waals surface area contributed by atoms with Gasteiger partial charge in [0.25, 0.3) is 5.91 Å². The molecule has 0 aliphatic rings. The van der Waals surface area contributed by atoms with E-state index >= 15 is 0 Å². The van der Waals surface area contributed by atoms with Crippen LogP contribution < -0.4 is 20.9 Å². The number of benzene rings is 2. The summed E-state index contributed by atoms with van der Waals surface area (Å²) in [6.45, 7) is -0.263. The molecule has 0 unspecified atom stereocenters. The highest BCUT2D eigenvalue weighted by atomic mass is 35.5. The van der Waals surface area contributed by atoms with Crippen LogP contribution in [0.25, 0.3) is 0 Å². The molecule has 0 saturated carbocycles. The minimum absolute atomic E-state index is 0.0228. The van der Waals surface area contributed by atoms with Crippen molar-refractivity contribution in [1.82, 2.24) is 9.78 Å². The number of halogens is 1. The van der Waals surface area contributed by atoms with Gasteiger partial charge < -0.3 is 25.8 Å². The fourth-order valence-electron chi connectivity index (χ4n) is 2.34. The molecule has 0 radical (unpaired) electrons. The number of hydrogen-bond donors (Lipinski definition) is 2. The van der Waals surface area contributed by atoms with Crippen molar-refractivity contribution in [2.24, 2.45) is 16.6 Å². The predicted octanol–water partition coefficient (Wildman–Crippen LogP) is 1.91. The molecule has 0 aliphatic carbocycles. The summed E-state index contributed by atoms with van der Waals surface area (Å²) in [6, 6.07) is 14.5. The summed E-state index contributed by atoms with van der Waals surface area (Å²) in [6.07, 6.45) is 1.43. The second kappa shape index (κ2) is 10.1. The molecule has 160 valence electrons. The Morgan fingerprint density at radius 2 is 1.61 bits per heavy atom. The van der Waals surface area contributed by atoms with E-state index in [-0.39, 0.29) is 24.9 Å². The predicted molar refractivity (Wildman–Crippen MR) is 112 cm³/mol. The summed E-state index contributed by atoms with van der Waals surface area (Å²) in [5.41, 5.74) is 11.5. The molecule has 1 amide bonds. The van der Waals surface area contributed by atoms with Gasteiger partial charge in [-0.15, -0.1) is 0 Å². The molecule has 1 heterocycles. The molecular weight excluding hydrogens is 426 g/mol. The van der Waals surface area contributed by atoms with Gasteiger partial charge in [0, 0.05) is 16.8 Å². The number of hydrogen-bond acceptors (Lipinski definition) is 7. The Morgan fingerprint density at radius 1 is 0.968 bits per heavy atom. The van der Waals surface area contributed by atoms with Crippen molar-refractivity contribution in [1.29, 1.82) is 0 Å². The zero-order valence-corrected chi connectivity index (χ0v) is 16.9. The molecular formula is C20H18ClN5O5. The largest absolute Gasteiger partial charge is 0.484 e. The molecule has 3 aromatic rings. The van der Waals surface area contributed by atoms with Crippen LogP contribution in [-0.4, -0.2) is 34.1 Å². The van der Waals surface area contributed by atoms with Crippen LogP contribution in [0.2, 0.25) is 5.02 Å². The number of aromatic nitrogens is 2. The summed E-state index contributed by atoms with van der Waals surface area (Å²) < 4.78 is 12.0. The number of carbonyl (C=O) groups is 2. The Morgan fingerprint density at radius 3 is 2.29 bits per heavy atom. The maximum absolute atomic E-state index is 12.3. The summed E-state index contributed by atoms with van der Waals surface area (Å²) in [7, 11) is 0. The number of amides is 1. The van der Waals surface area contributed by atoms with Gasteiger partial charge in [0.2, 0.25) is 0 Å². The van der Waals surface area contributed by atoms with Gasteiger partial charge >= 0.3 is 5.97 Å². The molecule has 1 aromatic heterocycles. The first kappa shape index (κ1) is 21.7. The fourth-order valence-corrected chi connectivity index (χ4v) is 2.47. The maximum atomic E-state index is 12.3.